The fraction of sp³-hybridized carbons (Fsp3) is 0.188. The maximum Gasteiger partial charge on any atom is 0.344 e. The van der Waals surface area contributed by atoms with Gasteiger partial charge in [0, 0.05) is 6.07 Å². The summed E-state index contributed by atoms with van der Waals surface area (Å²) in [5.74, 6) is -0.243. The zero-order chi connectivity index (χ0) is 18.5. The Kier molecular flexibility index (Phi) is 5.23. The van der Waals surface area contributed by atoms with Gasteiger partial charge in [-0.05, 0) is 24.4 Å². The summed E-state index contributed by atoms with van der Waals surface area (Å²) >= 11 is 1.45. The number of benzene rings is 1. The summed E-state index contributed by atoms with van der Waals surface area (Å²) in [6.45, 7) is 1.09. The second-order valence-corrected chi connectivity index (χ2v) is 6.02. The van der Waals surface area contributed by atoms with E-state index in [4.69, 9.17) is 13.9 Å². The SMILES string of the molecule is C[C@H](OC(=O)COc1ccccc1[N+](=O)[O-])c1nnc(-c2cccs2)o1. The molecule has 9 nitrogen and oxygen atoms in total. The highest BCUT2D eigenvalue weighted by Gasteiger charge is 2.21. The zero-order valence-electron chi connectivity index (χ0n) is 13.5. The number of nitro groups is 1. The van der Waals surface area contributed by atoms with Crippen LogP contribution in [0.4, 0.5) is 5.69 Å². The topological polar surface area (TPSA) is 118 Å². The van der Waals surface area contributed by atoms with Gasteiger partial charge >= 0.3 is 11.7 Å². The third-order valence-electron chi connectivity index (χ3n) is 3.24. The van der Waals surface area contributed by atoms with E-state index in [9.17, 15) is 14.9 Å². The molecule has 0 aliphatic heterocycles. The first kappa shape index (κ1) is 17.5. The summed E-state index contributed by atoms with van der Waals surface area (Å²) in [4.78, 5) is 23.0. The Morgan fingerprint density at radius 2 is 2.12 bits per heavy atom. The quantitative estimate of drug-likeness (QED) is 0.350. The molecule has 0 N–H and O–H groups in total. The molecule has 3 rings (SSSR count). The Labute approximate surface area is 151 Å². The first-order valence-electron chi connectivity index (χ1n) is 7.47. The highest BCUT2D eigenvalue weighted by Crippen LogP contribution is 2.27. The second kappa shape index (κ2) is 7.74. The van der Waals surface area contributed by atoms with Crippen LogP contribution in [-0.2, 0) is 9.53 Å². The summed E-state index contributed by atoms with van der Waals surface area (Å²) in [6.07, 6.45) is -0.780. The maximum absolute atomic E-state index is 11.9. The summed E-state index contributed by atoms with van der Waals surface area (Å²) < 4.78 is 15.8. The number of nitro benzene ring substituents is 1. The molecule has 26 heavy (non-hydrogen) atoms. The van der Waals surface area contributed by atoms with Crippen molar-refractivity contribution in [2.45, 2.75) is 13.0 Å². The number of hydrogen-bond acceptors (Lipinski definition) is 9. The molecule has 1 atom stereocenters. The summed E-state index contributed by atoms with van der Waals surface area (Å²) in [6, 6.07) is 9.45. The summed E-state index contributed by atoms with van der Waals surface area (Å²) in [7, 11) is 0. The summed E-state index contributed by atoms with van der Waals surface area (Å²) in [5, 5.41) is 20.6. The van der Waals surface area contributed by atoms with Crippen molar-refractivity contribution in [3.63, 3.8) is 0 Å². The van der Waals surface area contributed by atoms with Crippen LogP contribution >= 0.6 is 11.3 Å². The predicted octanol–water partition coefficient (Wildman–Crippen LogP) is 3.39. The van der Waals surface area contributed by atoms with Crippen molar-refractivity contribution >= 4 is 23.0 Å². The number of thiophene rings is 1. The van der Waals surface area contributed by atoms with E-state index >= 15 is 0 Å². The van der Waals surface area contributed by atoms with Gasteiger partial charge in [0.2, 0.25) is 0 Å². The molecule has 0 radical (unpaired) electrons. The molecule has 134 valence electrons. The van der Waals surface area contributed by atoms with E-state index in [-0.39, 0.29) is 17.3 Å². The third-order valence-corrected chi connectivity index (χ3v) is 4.09. The Morgan fingerprint density at radius 1 is 1.31 bits per heavy atom. The minimum Gasteiger partial charge on any atom is -0.475 e. The first-order valence-corrected chi connectivity index (χ1v) is 8.35. The van der Waals surface area contributed by atoms with Crippen LogP contribution in [0.2, 0.25) is 0 Å². The number of nitrogens with zero attached hydrogens (tertiary/aromatic N) is 3. The van der Waals surface area contributed by atoms with E-state index in [1.165, 1.54) is 29.5 Å². The molecular weight excluding hydrogens is 362 g/mol. The van der Waals surface area contributed by atoms with E-state index in [2.05, 4.69) is 10.2 Å². The summed E-state index contributed by atoms with van der Waals surface area (Å²) in [5.41, 5.74) is -0.231. The molecule has 0 bridgehead atoms. The Bertz CT molecular complexity index is 908. The highest BCUT2D eigenvalue weighted by molar-refractivity contribution is 7.13. The van der Waals surface area contributed by atoms with Gasteiger partial charge in [0.25, 0.3) is 11.8 Å². The Hall–Kier alpha value is -3.27. The maximum atomic E-state index is 11.9. The molecule has 0 saturated heterocycles. The molecule has 0 aliphatic carbocycles. The molecule has 0 spiro atoms. The molecule has 1 aromatic carbocycles. The predicted molar refractivity (Wildman–Crippen MR) is 90.7 cm³/mol. The van der Waals surface area contributed by atoms with E-state index in [1.807, 2.05) is 17.5 Å². The highest BCUT2D eigenvalue weighted by atomic mass is 32.1. The molecule has 3 aromatic rings. The van der Waals surface area contributed by atoms with E-state index < -0.39 is 23.6 Å². The van der Waals surface area contributed by atoms with Gasteiger partial charge in [-0.1, -0.05) is 18.2 Å². The lowest BCUT2D eigenvalue weighted by molar-refractivity contribution is -0.385. The van der Waals surface area contributed by atoms with Crippen molar-refractivity contribution in [2.24, 2.45) is 0 Å². The molecule has 0 fully saturated rings. The lowest BCUT2D eigenvalue weighted by Gasteiger charge is -2.10. The van der Waals surface area contributed by atoms with Crippen LogP contribution in [0.25, 0.3) is 10.8 Å². The number of esters is 1. The number of hydrogen-bond donors (Lipinski definition) is 0. The smallest absolute Gasteiger partial charge is 0.344 e. The van der Waals surface area contributed by atoms with Crippen LogP contribution in [-0.4, -0.2) is 27.7 Å². The van der Waals surface area contributed by atoms with Crippen molar-refractivity contribution < 1.29 is 23.6 Å². The minimum atomic E-state index is -0.780. The van der Waals surface area contributed by atoms with Gasteiger partial charge in [0.1, 0.15) is 0 Å². The van der Waals surface area contributed by atoms with E-state index in [1.54, 1.807) is 13.0 Å². The molecule has 0 aliphatic rings. The third kappa shape index (κ3) is 4.03. The fourth-order valence-corrected chi connectivity index (χ4v) is 2.69. The molecule has 10 heteroatoms. The minimum absolute atomic E-state index is 0.0140. The lowest BCUT2D eigenvalue weighted by atomic mass is 10.3. The zero-order valence-corrected chi connectivity index (χ0v) is 14.3. The van der Waals surface area contributed by atoms with Gasteiger partial charge in [-0.2, -0.15) is 0 Å². The van der Waals surface area contributed by atoms with Gasteiger partial charge in [0.15, 0.2) is 18.5 Å². The second-order valence-electron chi connectivity index (χ2n) is 5.07. The van der Waals surface area contributed by atoms with Crippen LogP contribution in [0.3, 0.4) is 0 Å². The average molecular weight is 375 g/mol. The van der Waals surface area contributed by atoms with Gasteiger partial charge in [-0.15, -0.1) is 21.5 Å². The standard InChI is InChI=1S/C16H13N3O6S/c1-10(15-17-18-16(25-15)13-7-4-8-26-13)24-14(20)9-23-12-6-3-2-5-11(12)19(21)22/h2-8,10H,9H2,1H3/t10-/m0/s1. The van der Waals surface area contributed by atoms with Crippen LogP contribution in [0.5, 0.6) is 5.75 Å². The van der Waals surface area contributed by atoms with Gasteiger partial charge in [0.05, 0.1) is 9.80 Å². The number of ether oxygens (including phenoxy) is 2. The number of rotatable bonds is 7. The molecule has 0 saturated carbocycles. The van der Waals surface area contributed by atoms with Crippen LogP contribution in [0, 0.1) is 10.1 Å². The number of para-hydroxylation sites is 2. The normalized spacial score (nSPS) is 11.7. The van der Waals surface area contributed by atoms with E-state index in [0.717, 1.165) is 4.88 Å². The molecule has 2 aromatic heterocycles. The van der Waals surface area contributed by atoms with Crippen molar-refractivity contribution in [3.05, 3.63) is 57.8 Å². The van der Waals surface area contributed by atoms with Crippen molar-refractivity contribution in [3.8, 4) is 16.5 Å². The van der Waals surface area contributed by atoms with Gasteiger partial charge < -0.3 is 13.9 Å². The number of carbonyl (C=O) groups is 1. The largest absolute Gasteiger partial charge is 0.475 e. The fourth-order valence-electron chi connectivity index (χ4n) is 2.05. The van der Waals surface area contributed by atoms with Crippen LogP contribution < -0.4 is 4.74 Å². The molecule has 2 heterocycles. The van der Waals surface area contributed by atoms with Crippen molar-refractivity contribution in [2.75, 3.05) is 6.61 Å². The molecule has 0 unspecified atom stereocenters. The van der Waals surface area contributed by atoms with Crippen LogP contribution in [0.1, 0.15) is 18.9 Å². The first-order chi connectivity index (χ1) is 12.5. The number of aromatic nitrogens is 2. The monoisotopic (exact) mass is 375 g/mol. The van der Waals surface area contributed by atoms with Crippen molar-refractivity contribution in [1.82, 2.24) is 10.2 Å². The molecular formula is C16H13N3O6S. The Balaban J connectivity index is 1.57. The molecule has 0 amide bonds. The average Bonchev–Trinajstić information content (AvgIpc) is 3.31. The Morgan fingerprint density at radius 3 is 2.85 bits per heavy atom. The van der Waals surface area contributed by atoms with Gasteiger partial charge in [-0.3, -0.25) is 10.1 Å². The van der Waals surface area contributed by atoms with Crippen LogP contribution in [0.15, 0.2) is 46.2 Å². The van der Waals surface area contributed by atoms with E-state index in [0.29, 0.717) is 5.89 Å². The van der Waals surface area contributed by atoms with Crippen molar-refractivity contribution in [1.29, 1.82) is 0 Å². The number of carbonyl (C=O) groups excluding carboxylic acids is 1. The van der Waals surface area contributed by atoms with Gasteiger partial charge in [-0.25, -0.2) is 4.79 Å². The lowest BCUT2D eigenvalue weighted by Crippen LogP contribution is -2.17.